The zero-order valence-electron chi connectivity index (χ0n) is 10.9. The molecule has 2 atom stereocenters. The van der Waals surface area contributed by atoms with Crippen LogP contribution in [0.15, 0.2) is 23.2 Å². The minimum absolute atomic E-state index is 0.0970. The first-order chi connectivity index (χ1) is 10.1. The van der Waals surface area contributed by atoms with Crippen molar-refractivity contribution in [3.05, 3.63) is 29.6 Å². The van der Waals surface area contributed by atoms with Crippen LogP contribution in [0.4, 0.5) is 32.0 Å². The molecule has 2 rings (SSSR count). The Bertz CT molecular complexity index is 603. The molecule has 0 saturated heterocycles. The second-order valence-corrected chi connectivity index (χ2v) is 4.77. The average molecular weight is 327 g/mol. The van der Waals surface area contributed by atoms with E-state index in [1.807, 2.05) is 0 Å². The molecule has 0 unspecified atom stereocenters. The summed E-state index contributed by atoms with van der Waals surface area (Å²) in [7, 11) is 0. The number of nitrogen functional groups attached to an aromatic ring is 1. The van der Waals surface area contributed by atoms with Crippen molar-refractivity contribution in [3.63, 3.8) is 0 Å². The summed E-state index contributed by atoms with van der Waals surface area (Å²) in [6.45, 7) is 0. The Morgan fingerprint density at radius 1 is 1.27 bits per heavy atom. The van der Waals surface area contributed by atoms with Crippen molar-refractivity contribution >= 4 is 11.7 Å². The van der Waals surface area contributed by atoms with Crippen LogP contribution < -0.4 is 11.5 Å². The average Bonchev–Trinajstić information content (AvgIpc) is 2.39. The maximum absolute atomic E-state index is 13.9. The Morgan fingerprint density at radius 3 is 2.45 bits per heavy atom. The minimum Gasteiger partial charge on any atom is -0.452 e. The van der Waals surface area contributed by atoms with Gasteiger partial charge in [0.05, 0.1) is 0 Å². The van der Waals surface area contributed by atoms with Gasteiger partial charge in [-0.05, 0) is 18.2 Å². The Kier molecular flexibility index (Phi) is 3.88. The summed E-state index contributed by atoms with van der Waals surface area (Å²) < 4.78 is 83.6. The lowest BCUT2D eigenvalue weighted by Crippen LogP contribution is -2.50. The summed E-state index contributed by atoms with van der Waals surface area (Å²) in [6.07, 6.45) is -12.3. The second kappa shape index (κ2) is 5.25. The molecule has 1 aliphatic heterocycles. The Morgan fingerprint density at radius 2 is 1.91 bits per heavy atom. The third-order valence-electron chi connectivity index (χ3n) is 3.25. The maximum Gasteiger partial charge on any atom is 0.425 e. The predicted octanol–water partition coefficient (Wildman–Crippen LogP) is 2.53. The van der Waals surface area contributed by atoms with E-state index in [1.165, 1.54) is 0 Å². The van der Waals surface area contributed by atoms with Gasteiger partial charge in [0.1, 0.15) is 5.82 Å². The summed E-state index contributed by atoms with van der Waals surface area (Å²) in [5.74, 6) is -1.16. The normalized spacial score (nSPS) is 25.8. The van der Waals surface area contributed by atoms with Crippen molar-refractivity contribution in [2.45, 2.75) is 30.7 Å². The van der Waals surface area contributed by atoms with Crippen molar-refractivity contribution in [3.8, 4) is 0 Å². The van der Waals surface area contributed by atoms with Crippen molar-refractivity contribution in [1.29, 1.82) is 0 Å². The Labute approximate surface area is 120 Å². The van der Waals surface area contributed by atoms with E-state index in [1.54, 1.807) is 0 Å². The van der Waals surface area contributed by atoms with Gasteiger partial charge in [0.2, 0.25) is 0 Å². The van der Waals surface area contributed by atoms with E-state index in [-0.39, 0.29) is 5.69 Å². The number of alkyl halides is 5. The fraction of sp³-hybridized carbons (Fsp3) is 0.417. The molecule has 1 aromatic carbocycles. The molecule has 0 saturated carbocycles. The molecule has 0 aliphatic carbocycles. The van der Waals surface area contributed by atoms with Gasteiger partial charge in [-0.1, -0.05) is 0 Å². The number of amidine groups is 1. The lowest BCUT2D eigenvalue weighted by molar-refractivity contribution is -0.213. The molecule has 4 N–H and O–H groups in total. The van der Waals surface area contributed by atoms with Crippen LogP contribution in [0.2, 0.25) is 0 Å². The zero-order valence-corrected chi connectivity index (χ0v) is 10.9. The number of nitrogens with two attached hydrogens (primary N) is 2. The lowest BCUT2D eigenvalue weighted by Gasteiger charge is -2.37. The van der Waals surface area contributed by atoms with E-state index >= 15 is 0 Å². The van der Waals surface area contributed by atoms with Gasteiger partial charge in [-0.15, -0.1) is 0 Å². The lowest BCUT2D eigenvalue weighted by atomic mass is 9.83. The fourth-order valence-electron chi connectivity index (χ4n) is 2.22. The molecule has 22 heavy (non-hydrogen) atoms. The molecule has 4 nitrogen and oxygen atoms in total. The highest BCUT2D eigenvalue weighted by molar-refractivity contribution is 5.73. The molecule has 1 aromatic rings. The molecule has 10 heteroatoms. The monoisotopic (exact) mass is 327 g/mol. The van der Waals surface area contributed by atoms with Crippen LogP contribution in [0.5, 0.6) is 0 Å². The maximum atomic E-state index is 13.9. The number of hydrogen-bond donors (Lipinski definition) is 2. The third-order valence-corrected chi connectivity index (χ3v) is 3.25. The molecule has 0 radical (unpaired) electrons. The quantitative estimate of drug-likeness (QED) is 0.647. The molecule has 0 aromatic heterocycles. The van der Waals surface area contributed by atoms with Gasteiger partial charge >= 0.3 is 6.18 Å². The first-order valence-electron chi connectivity index (χ1n) is 5.98. The van der Waals surface area contributed by atoms with Crippen LogP contribution in [0.3, 0.4) is 0 Å². The van der Waals surface area contributed by atoms with Crippen molar-refractivity contribution in [2.24, 2.45) is 10.7 Å². The summed E-state index contributed by atoms with van der Waals surface area (Å²) in [5.41, 5.74) is 6.83. The molecule has 122 valence electrons. The minimum atomic E-state index is -4.96. The SMILES string of the molecule is NC1=N[C@@](c2cc(N)ccc2F)(C(F)F)C[C@H](C(F)(F)F)O1. The number of nitrogens with zero attached hydrogens (tertiary/aromatic N) is 1. The van der Waals surface area contributed by atoms with Crippen molar-refractivity contribution in [1.82, 2.24) is 0 Å². The van der Waals surface area contributed by atoms with Crippen molar-refractivity contribution < 1.29 is 31.1 Å². The number of benzene rings is 1. The second-order valence-electron chi connectivity index (χ2n) is 4.77. The van der Waals surface area contributed by atoms with Gasteiger partial charge in [-0.25, -0.2) is 18.2 Å². The number of halogens is 6. The van der Waals surface area contributed by atoms with Crippen molar-refractivity contribution in [2.75, 3.05) is 5.73 Å². The molecular weight excluding hydrogens is 316 g/mol. The number of aliphatic imine (C=N–C) groups is 1. The summed E-state index contributed by atoms with van der Waals surface area (Å²) >= 11 is 0. The van der Waals surface area contributed by atoms with E-state index in [4.69, 9.17) is 11.5 Å². The fourth-order valence-corrected chi connectivity index (χ4v) is 2.22. The first kappa shape index (κ1) is 16.2. The molecule has 1 heterocycles. The van der Waals surface area contributed by atoms with E-state index < -0.39 is 48.1 Å². The van der Waals surface area contributed by atoms with E-state index in [0.29, 0.717) is 0 Å². The third kappa shape index (κ3) is 2.77. The largest absolute Gasteiger partial charge is 0.452 e. The summed E-state index contributed by atoms with van der Waals surface area (Å²) in [4.78, 5) is 3.28. The summed E-state index contributed by atoms with van der Waals surface area (Å²) in [5, 5.41) is 0. The smallest absolute Gasteiger partial charge is 0.425 e. The molecule has 0 amide bonds. The van der Waals surface area contributed by atoms with Crippen LogP contribution in [-0.4, -0.2) is 24.7 Å². The number of rotatable bonds is 2. The highest BCUT2D eigenvalue weighted by Gasteiger charge is 2.55. The summed E-state index contributed by atoms with van der Waals surface area (Å²) in [6, 6.07) is 1.59. The van der Waals surface area contributed by atoms with Gasteiger partial charge < -0.3 is 16.2 Å². The number of hydrogen-bond acceptors (Lipinski definition) is 4. The topological polar surface area (TPSA) is 73.6 Å². The van der Waals surface area contributed by atoms with E-state index in [9.17, 15) is 26.3 Å². The number of ether oxygens (including phenoxy) is 1. The van der Waals surface area contributed by atoms with Gasteiger partial charge in [0.25, 0.3) is 12.4 Å². The van der Waals surface area contributed by atoms with Crippen LogP contribution in [0.25, 0.3) is 0 Å². The van der Waals surface area contributed by atoms with Crippen LogP contribution in [-0.2, 0) is 10.3 Å². The molecule has 0 bridgehead atoms. The van der Waals surface area contributed by atoms with Crippen LogP contribution >= 0.6 is 0 Å². The van der Waals surface area contributed by atoms with E-state index in [0.717, 1.165) is 18.2 Å². The number of anilines is 1. The van der Waals surface area contributed by atoms with Crippen LogP contribution in [0.1, 0.15) is 12.0 Å². The zero-order chi connectivity index (χ0) is 16.7. The van der Waals surface area contributed by atoms with Crippen LogP contribution in [0, 0.1) is 5.82 Å². The van der Waals surface area contributed by atoms with Gasteiger partial charge in [-0.3, -0.25) is 0 Å². The highest BCUT2D eigenvalue weighted by atomic mass is 19.4. The standard InChI is InChI=1S/C12H11F6N3O/c13-7-2-1-5(19)3-6(7)11(9(14)15)4-8(12(16,17)18)22-10(20)21-11/h1-3,8-9H,4,19H2,(H2,20,21)/t8-,11+/m1/s1. The molecular formula is C12H11F6N3O. The Balaban J connectivity index is 2.62. The first-order valence-corrected chi connectivity index (χ1v) is 5.98. The van der Waals surface area contributed by atoms with E-state index in [2.05, 4.69) is 9.73 Å². The molecule has 0 fully saturated rings. The highest BCUT2D eigenvalue weighted by Crippen LogP contribution is 2.45. The Hall–Kier alpha value is -2.13. The van der Waals surface area contributed by atoms with Gasteiger partial charge in [0.15, 0.2) is 11.6 Å². The molecule has 1 aliphatic rings. The van der Waals surface area contributed by atoms with Gasteiger partial charge in [-0.2, -0.15) is 13.2 Å². The van der Waals surface area contributed by atoms with Gasteiger partial charge in [0, 0.05) is 17.7 Å². The predicted molar refractivity (Wildman–Crippen MR) is 65.7 cm³/mol. The molecule has 0 spiro atoms.